The number of imidazole rings is 1. The van der Waals surface area contributed by atoms with Crippen molar-refractivity contribution in [1.29, 1.82) is 0 Å². The van der Waals surface area contributed by atoms with Gasteiger partial charge < -0.3 is 4.40 Å². The van der Waals surface area contributed by atoms with E-state index in [4.69, 9.17) is 0 Å². The van der Waals surface area contributed by atoms with E-state index in [2.05, 4.69) is 33.4 Å². The van der Waals surface area contributed by atoms with Gasteiger partial charge in [-0.25, -0.2) is 4.98 Å². The smallest absolute Gasteiger partial charge is 0.151 e. The van der Waals surface area contributed by atoms with E-state index >= 15 is 0 Å². The third-order valence-corrected chi connectivity index (χ3v) is 2.98. The fourth-order valence-electron chi connectivity index (χ4n) is 1.25. The van der Waals surface area contributed by atoms with Crippen LogP contribution in [-0.4, -0.2) is 15.6 Å². The minimum Gasteiger partial charge on any atom is -0.306 e. The number of fused-ring (bicyclic) bond motifs is 1. The molecule has 2 aromatic rings. The summed E-state index contributed by atoms with van der Waals surface area (Å²) in [7, 11) is 0. The number of aromatic nitrogens is 2. The Hall–Kier alpha value is -0.480. The Balaban J connectivity index is 2.55. The molecule has 0 aliphatic carbocycles. The van der Waals surface area contributed by atoms with Crippen molar-refractivity contribution in [2.24, 2.45) is 0 Å². The van der Waals surface area contributed by atoms with Crippen LogP contribution in [0.1, 0.15) is 5.69 Å². The molecule has 2 nitrogen and oxygen atoms in total. The Morgan fingerprint density at radius 3 is 3.15 bits per heavy atom. The monoisotopic (exact) mass is 256 g/mol. The van der Waals surface area contributed by atoms with Crippen molar-refractivity contribution in [2.75, 3.05) is 6.26 Å². The van der Waals surface area contributed by atoms with Crippen molar-refractivity contribution in [3.8, 4) is 0 Å². The lowest BCUT2D eigenvalue weighted by atomic mass is 10.5. The largest absolute Gasteiger partial charge is 0.306 e. The summed E-state index contributed by atoms with van der Waals surface area (Å²) in [6.45, 7) is 0. The van der Waals surface area contributed by atoms with Crippen molar-refractivity contribution in [2.45, 2.75) is 5.75 Å². The molecule has 0 amide bonds. The molecule has 4 heteroatoms. The number of rotatable bonds is 2. The first-order chi connectivity index (χ1) is 6.31. The lowest BCUT2D eigenvalue weighted by molar-refractivity contribution is 1.18. The van der Waals surface area contributed by atoms with Gasteiger partial charge in [0.1, 0.15) is 0 Å². The second kappa shape index (κ2) is 3.72. The minimum absolute atomic E-state index is 0.966. The summed E-state index contributed by atoms with van der Waals surface area (Å²) in [4.78, 5) is 4.50. The molecule has 0 fully saturated rings. The third-order valence-electron chi connectivity index (χ3n) is 1.78. The molecule has 0 unspecified atom stereocenters. The summed E-state index contributed by atoms with van der Waals surface area (Å²) in [5.41, 5.74) is 2.12. The quantitative estimate of drug-likeness (QED) is 0.822. The molecule has 0 saturated heterocycles. The average molecular weight is 257 g/mol. The molecule has 0 aromatic carbocycles. The topological polar surface area (TPSA) is 17.3 Å². The molecule has 68 valence electrons. The highest BCUT2D eigenvalue weighted by atomic mass is 79.9. The van der Waals surface area contributed by atoms with Gasteiger partial charge >= 0.3 is 0 Å². The molecule has 0 saturated carbocycles. The van der Waals surface area contributed by atoms with E-state index in [-0.39, 0.29) is 0 Å². The highest BCUT2D eigenvalue weighted by molar-refractivity contribution is 9.10. The second-order valence-electron chi connectivity index (χ2n) is 2.75. The maximum Gasteiger partial charge on any atom is 0.151 e. The maximum atomic E-state index is 4.50. The van der Waals surface area contributed by atoms with Gasteiger partial charge in [-0.05, 0) is 34.3 Å². The Kier molecular flexibility index (Phi) is 2.60. The van der Waals surface area contributed by atoms with Crippen molar-refractivity contribution in [3.05, 3.63) is 34.7 Å². The van der Waals surface area contributed by atoms with Gasteiger partial charge in [0.15, 0.2) is 5.65 Å². The van der Waals surface area contributed by atoms with Crippen LogP contribution in [0.3, 0.4) is 0 Å². The predicted molar refractivity (Wildman–Crippen MR) is 60.1 cm³/mol. The molecular weight excluding hydrogens is 248 g/mol. The molecule has 0 atom stereocenters. The number of hydrogen-bond acceptors (Lipinski definition) is 2. The fourth-order valence-corrected chi connectivity index (χ4v) is 2.13. The zero-order valence-corrected chi connectivity index (χ0v) is 9.60. The van der Waals surface area contributed by atoms with E-state index in [0.717, 1.165) is 21.6 Å². The Labute approximate surface area is 89.5 Å². The van der Waals surface area contributed by atoms with Gasteiger partial charge in [-0.3, -0.25) is 0 Å². The fraction of sp³-hybridized carbons (Fsp3) is 0.222. The number of hydrogen-bond donors (Lipinski definition) is 0. The van der Waals surface area contributed by atoms with E-state index in [9.17, 15) is 0 Å². The maximum absolute atomic E-state index is 4.50. The summed E-state index contributed by atoms with van der Waals surface area (Å²) in [5, 5.41) is 0. The van der Waals surface area contributed by atoms with Crippen LogP contribution in [0.15, 0.2) is 29.0 Å². The lowest BCUT2D eigenvalue weighted by Gasteiger charge is -1.92. The molecule has 0 aliphatic heterocycles. The molecule has 0 radical (unpaired) electrons. The van der Waals surface area contributed by atoms with Crippen LogP contribution in [0.2, 0.25) is 0 Å². The van der Waals surface area contributed by atoms with E-state index in [0.29, 0.717) is 0 Å². The average Bonchev–Trinajstić information content (AvgIpc) is 2.49. The van der Waals surface area contributed by atoms with Crippen LogP contribution in [0.5, 0.6) is 0 Å². The number of nitrogens with zero attached hydrogens (tertiary/aromatic N) is 2. The van der Waals surface area contributed by atoms with Crippen LogP contribution in [0.4, 0.5) is 0 Å². The first-order valence-corrected chi connectivity index (χ1v) is 6.11. The standard InChI is InChI=1S/C9H9BrN2S/c1-13-6-7-5-12-4-2-3-8(10)9(12)11-7/h2-5H,6H2,1H3. The van der Waals surface area contributed by atoms with Crippen molar-refractivity contribution >= 4 is 33.3 Å². The van der Waals surface area contributed by atoms with Crippen molar-refractivity contribution in [1.82, 2.24) is 9.38 Å². The van der Waals surface area contributed by atoms with Crippen LogP contribution >= 0.6 is 27.7 Å². The van der Waals surface area contributed by atoms with Crippen molar-refractivity contribution in [3.63, 3.8) is 0 Å². The van der Waals surface area contributed by atoms with Gasteiger partial charge in [-0.2, -0.15) is 11.8 Å². The Morgan fingerprint density at radius 1 is 1.62 bits per heavy atom. The minimum atomic E-state index is 0.966. The molecule has 0 spiro atoms. The molecule has 0 aliphatic rings. The second-order valence-corrected chi connectivity index (χ2v) is 4.47. The summed E-state index contributed by atoms with van der Waals surface area (Å²) in [6.07, 6.45) is 6.16. The summed E-state index contributed by atoms with van der Waals surface area (Å²) < 4.78 is 3.08. The van der Waals surface area contributed by atoms with Gasteiger partial charge in [0.2, 0.25) is 0 Å². The normalized spacial score (nSPS) is 10.9. The van der Waals surface area contributed by atoms with Gasteiger partial charge in [0.25, 0.3) is 0 Å². The molecule has 2 heterocycles. The highest BCUT2D eigenvalue weighted by Crippen LogP contribution is 2.18. The molecule has 0 N–H and O–H groups in total. The van der Waals surface area contributed by atoms with E-state index in [1.54, 1.807) is 11.8 Å². The highest BCUT2D eigenvalue weighted by Gasteiger charge is 2.02. The van der Waals surface area contributed by atoms with E-state index in [1.165, 1.54) is 0 Å². The summed E-state index contributed by atoms with van der Waals surface area (Å²) in [5.74, 6) is 0.966. The number of pyridine rings is 1. The number of halogens is 1. The van der Waals surface area contributed by atoms with Gasteiger partial charge in [0, 0.05) is 18.1 Å². The summed E-state index contributed by atoms with van der Waals surface area (Å²) in [6, 6.07) is 4.01. The Morgan fingerprint density at radius 2 is 2.46 bits per heavy atom. The summed E-state index contributed by atoms with van der Waals surface area (Å²) >= 11 is 5.26. The van der Waals surface area contributed by atoms with Gasteiger partial charge in [0.05, 0.1) is 10.2 Å². The van der Waals surface area contributed by atoms with Crippen molar-refractivity contribution < 1.29 is 0 Å². The molecule has 13 heavy (non-hydrogen) atoms. The van der Waals surface area contributed by atoms with E-state index < -0.39 is 0 Å². The zero-order valence-electron chi connectivity index (χ0n) is 7.20. The molecular formula is C9H9BrN2S. The van der Waals surface area contributed by atoms with Crippen LogP contribution < -0.4 is 0 Å². The zero-order chi connectivity index (χ0) is 9.26. The first-order valence-electron chi connectivity index (χ1n) is 3.92. The van der Waals surface area contributed by atoms with Gasteiger partial charge in [-0.15, -0.1) is 0 Å². The Bertz CT molecular complexity index is 424. The van der Waals surface area contributed by atoms with Gasteiger partial charge in [-0.1, -0.05) is 0 Å². The van der Waals surface area contributed by atoms with Crippen LogP contribution in [-0.2, 0) is 5.75 Å². The predicted octanol–water partition coefficient (Wildman–Crippen LogP) is 2.96. The van der Waals surface area contributed by atoms with E-state index in [1.807, 2.05) is 22.7 Å². The van der Waals surface area contributed by atoms with Crippen LogP contribution in [0.25, 0.3) is 5.65 Å². The molecule has 2 aromatic heterocycles. The number of thioether (sulfide) groups is 1. The third kappa shape index (κ3) is 1.74. The lowest BCUT2D eigenvalue weighted by Crippen LogP contribution is -1.80. The SMILES string of the molecule is CSCc1cn2cccc(Br)c2n1. The molecule has 0 bridgehead atoms. The molecule has 2 rings (SSSR count). The first kappa shape index (κ1) is 9.09. The van der Waals surface area contributed by atoms with Crippen LogP contribution in [0, 0.1) is 0 Å².